The van der Waals surface area contributed by atoms with E-state index >= 15 is 0 Å². The molecule has 9 nitrogen and oxygen atoms in total. The van der Waals surface area contributed by atoms with Gasteiger partial charge in [-0.15, -0.1) is 0 Å². The van der Waals surface area contributed by atoms with Gasteiger partial charge in [-0.25, -0.2) is 19.6 Å². The van der Waals surface area contributed by atoms with Crippen molar-refractivity contribution in [2.45, 2.75) is 0 Å². The van der Waals surface area contributed by atoms with Crippen LogP contribution in [0.15, 0.2) is 32.8 Å². The van der Waals surface area contributed by atoms with Crippen LogP contribution in [-0.2, 0) is 4.74 Å². The Morgan fingerprint density at radius 3 is 2.88 bits per heavy atom. The minimum Gasteiger partial charge on any atom is -0.494 e. The van der Waals surface area contributed by atoms with Crippen LogP contribution in [0.3, 0.4) is 0 Å². The number of hydrogen-bond acceptors (Lipinski definition) is 8. The summed E-state index contributed by atoms with van der Waals surface area (Å²) in [5, 5.41) is 9.90. The Morgan fingerprint density at radius 1 is 1.38 bits per heavy atom. The van der Waals surface area contributed by atoms with E-state index in [1.165, 1.54) is 18.4 Å². The van der Waals surface area contributed by atoms with Crippen LogP contribution in [-0.4, -0.2) is 39.4 Å². The van der Waals surface area contributed by atoms with Crippen molar-refractivity contribution in [3.8, 4) is 5.88 Å². The van der Waals surface area contributed by atoms with Crippen LogP contribution in [0.25, 0.3) is 10.2 Å². The van der Waals surface area contributed by atoms with Gasteiger partial charge in [-0.3, -0.25) is 14.8 Å². The van der Waals surface area contributed by atoms with Gasteiger partial charge in [-0.2, -0.15) is 0 Å². The number of rotatable bonds is 3. The lowest BCUT2D eigenvalue weighted by Crippen LogP contribution is -2.24. The number of aromatic amines is 2. The minimum absolute atomic E-state index is 0.191. The quantitative estimate of drug-likeness (QED) is 0.476. The maximum Gasteiger partial charge on any atom is 0.337 e. The van der Waals surface area contributed by atoms with Crippen LogP contribution in [0.1, 0.15) is 15.9 Å². The summed E-state index contributed by atoms with van der Waals surface area (Å²) in [6.07, 6.45) is 1.10. The summed E-state index contributed by atoms with van der Waals surface area (Å²) in [7, 11) is 1.29. The molecule has 0 saturated carbocycles. The third kappa shape index (κ3) is 2.94. The monoisotopic (exact) mass is 346 g/mol. The lowest BCUT2D eigenvalue weighted by Gasteiger charge is -1.97. The maximum atomic E-state index is 11.6. The lowest BCUT2D eigenvalue weighted by atomic mass is 10.2. The van der Waals surface area contributed by atoms with E-state index in [9.17, 15) is 19.5 Å². The van der Waals surface area contributed by atoms with Crippen LogP contribution < -0.4 is 11.2 Å². The number of ether oxygens (including phenoxy) is 1. The highest BCUT2D eigenvalue weighted by Crippen LogP contribution is 2.29. The number of carbonyl (C=O) groups is 1. The van der Waals surface area contributed by atoms with E-state index in [-0.39, 0.29) is 5.56 Å². The summed E-state index contributed by atoms with van der Waals surface area (Å²) in [5.74, 6) is -1.04. The molecule has 0 atom stereocenters. The molecule has 0 aliphatic rings. The van der Waals surface area contributed by atoms with E-state index in [1.54, 1.807) is 18.2 Å². The SMILES string of the molecule is COC(=O)c1ccc2nc(N=Cc3c(O)[nH]c(=O)[nH]c3=O)sc2c1. The molecule has 0 aliphatic carbocycles. The van der Waals surface area contributed by atoms with E-state index in [4.69, 9.17) is 0 Å². The molecular weight excluding hydrogens is 336 g/mol. The second-order valence-electron chi connectivity index (χ2n) is 4.60. The first-order chi connectivity index (χ1) is 11.5. The van der Waals surface area contributed by atoms with Crippen molar-refractivity contribution in [2.24, 2.45) is 4.99 Å². The van der Waals surface area contributed by atoms with Gasteiger partial charge in [0, 0.05) is 6.21 Å². The summed E-state index contributed by atoms with van der Waals surface area (Å²) in [6, 6.07) is 4.86. The molecule has 0 spiro atoms. The number of aromatic hydroxyl groups is 1. The van der Waals surface area contributed by atoms with Crippen molar-refractivity contribution < 1.29 is 14.6 Å². The molecule has 3 N–H and O–H groups in total. The van der Waals surface area contributed by atoms with Crippen LogP contribution >= 0.6 is 11.3 Å². The molecule has 0 saturated heterocycles. The zero-order valence-corrected chi connectivity index (χ0v) is 13.0. The van der Waals surface area contributed by atoms with Crippen LogP contribution in [0.4, 0.5) is 5.13 Å². The predicted octanol–water partition coefficient (Wildman–Crippen LogP) is 0.916. The largest absolute Gasteiger partial charge is 0.494 e. The smallest absolute Gasteiger partial charge is 0.337 e. The van der Waals surface area contributed by atoms with E-state index < -0.39 is 23.1 Å². The molecule has 2 aromatic heterocycles. The first-order valence-electron chi connectivity index (χ1n) is 6.56. The lowest BCUT2D eigenvalue weighted by molar-refractivity contribution is 0.0601. The Kier molecular flexibility index (Phi) is 3.96. The number of esters is 1. The normalized spacial score (nSPS) is 11.2. The molecular formula is C14H10N4O5S. The van der Waals surface area contributed by atoms with Gasteiger partial charge in [0.1, 0.15) is 5.56 Å². The van der Waals surface area contributed by atoms with Crippen molar-refractivity contribution in [2.75, 3.05) is 7.11 Å². The average Bonchev–Trinajstić information content (AvgIpc) is 2.94. The first kappa shape index (κ1) is 15.6. The van der Waals surface area contributed by atoms with Crippen LogP contribution in [0.2, 0.25) is 0 Å². The number of hydrogen-bond donors (Lipinski definition) is 3. The topological polar surface area (TPSA) is 137 Å². The van der Waals surface area contributed by atoms with Gasteiger partial charge in [0.25, 0.3) is 5.56 Å². The van der Waals surface area contributed by atoms with Crippen molar-refractivity contribution >= 4 is 38.9 Å². The molecule has 2 heterocycles. The highest BCUT2D eigenvalue weighted by Gasteiger charge is 2.10. The fraction of sp³-hybridized carbons (Fsp3) is 0.0714. The van der Waals surface area contributed by atoms with Gasteiger partial charge >= 0.3 is 11.7 Å². The van der Waals surface area contributed by atoms with E-state index in [0.29, 0.717) is 20.9 Å². The fourth-order valence-corrected chi connectivity index (χ4v) is 2.79. The molecule has 1 aromatic carbocycles. The van der Waals surface area contributed by atoms with E-state index in [1.807, 2.05) is 4.98 Å². The van der Waals surface area contributed by atoms with Gasteiger partial charge in [-0.05, 0) is 18.2 Å². The zero-order valence-electron chi connectivity index (χ0n) is 12.2. The Bertz CT molecular complexity index is 1080. The molecule has 0 unspecified atom stereocenters. The summed E-state index contributed by atoms with van der Waals surface area (Å²) in [6.45, 7) is 0. The van der Waals surface area contributed by atoms with Gasteiger partial charge in [0.2, 0.25) is 11.0 Å². The number of aliphatic imine (C=N–C) groups is 1. The number of H-pyrrole nitrogens is 2. The van der Waals surface area contributed by atoms with Crippen LogP contribution in [0.5, 0.6) is 5.88 Å². The van der Waals surface area contributed by atoms with Crippen LogP contribution in [0, 0.1) is 0 Å². The number of fused-ring (bicyclic) bond motifs is 1. The second-order valence-corrected chi connectivity index (χ2v) is 5.61. The highest BCUT2D eigenvalue weighted by atomic mass is 32.1. The van der Waals surface area contributed by atoms with E-state index in [0.717, 1.165) is 6.21 Å². The maximum absolute atomic E-state index is 11.6. The number of nitrogens with one attached hydrogen (secondary N) is 2. The standard InChI is InChI=1S/C14H10N4O5S/c1-23-12(21)6-2-3-8-9(4-6)24-14(16-8)15-5-7-10(19)17-13(22)18-11(7)20/h2-5H,1H3,(H3,17,18,19,20,22). The Morgan fingerprint density at radius 2 is 2.17 bits per heavy atom. The molecule has 0 fully saturated rings. The summed E-state index contributed by atoms with van der Waals surface area (Å²) in [5.41, 5.74) is -0.763. The Balaban J connectivity index is 1.97. The van der Waals surface area contributed by atoms with Crippen molar-refractivity contribution in [1.82, 2.24) is 15.0 Å². The van der Waals surface area contributed by atoms with Gasteiger partial charge in [0.05, 0.1) is 22.9 Å². The molecule has 3 rings (SSSR count). The second kappa shape index (κ2) is 6.08. The summed E-state index contributed by atoms with van der Waals surface area (Å²) >= 11 is 1.19. The fourth-order valence-electron chi connectivity index (χ4n) is 1.94. The molecule has 0 amide bonds. The predicted molar refractivity (Wildman–Crippen MR) is 87.6 cm³/mol. The zero-order chi connectivity index (χ0) is 17.3. The van der Waals surface area contributed by atoms with Gasteiger partial charge < -0.3 is 9.84 Å². The number of carbonyl (C=O) groups excluding carboxylic acids is 1. The minimum atomic E-state index is -0.815. The van der Waals surface area contributed by atoms with Gasteiger partial charge in [0.15, 0.2) is 0 Å². The molecule has 0 aliphatic heterocycles. The number of benzene rings is 1. The molecule has 0 radical (unpaired) electrons. The highest BCUT2D eigenvalue weighted by molar-refractivity contribution is 7.22. The number of nitrogens with zero attached hydrogens (tertiary/aromatic N) is 2. The summed E-state index contributed by atoms with van der Waals surface area (Å²) < 4.78 is 5.37. The third-order valence-corrected chi connectivity index (χ3v) is 3.99. The van der Waals surface area contributed by atoms with Crippen molar-refractivity contribution in [3.05, 3.63) is 50.2 Å². The van der Waals surface area contributed by atoms with Gasteiger partial charge in [-0.1, -0.05) is 11.3 Å². The number of methoxy groups -OCH3 is 1. The molecule has 10 heteroatoms. The Labute approximate surface area is 137 Å². The molecule has 122 valence electrons. The molecule has 0 bridgehead atoms. The molecule has 24 heavy (non-hydrogen) atoms. The Hall–Kier alpha value is -3.27. The van der Waals surface area contributed by atoms with E-state index in [2.05, 4.69) is 19.7 Å². The average molecular weight is 346 g/mol. The third-order valence-electron chi connectivity index (χ3n) is 3.06. The summed E-state index contributed by atoms with van der Waals surface area (Å²) in [4.78, 5) is 46.4. The number of aromatic nitrogens is 3. The first-order valence-corrected chi connectivity index (χ1v) is 7.38. The van der Waals surface area contributed by atoms with Crippen molar-refractivity contribution in [1.29, 1.82) is 0 Å². The number of thiazole rings is 1. The molecule has 3 aromatic rings. The van der Waals surface area contributed by atoms with Crippen molar-refractivity contribution in [3.63, 3.8) is 0 Å².